The zero-order valence-electron chi connectivity index (χ0n) is 16.3. The number of nitrogens with zero attached hydrogens (tertiary/aromatic N) is 3. The molecule has 7 heteroatoms. The van der Waals surface area contributed by atoms with E-state index in [0.29, 0.717) is 34.7 Å². The van der Waals surface area contributed by atoms with Crippen LogP contribution in [0.4, 0.5) is 4.39 Å². The Morgan fingerprint density at radius 2 is 2.03 bits per heavy atom. The van der Waals surface area contributed by atoms with Crippen molar-refractivity contribution in [3.05, 3.63) is 71.3 Å². The molecule has 4 aromatic rings. The van der Waals surface area contributed by atoms with E-state index in [1.54, 1.807) is 30.3 Å². The lowest BCUT2D eigenvalue weighted by molar-refractivity contribution is 0.0952. The number of rotatable bonds is 6. The number of carbonyl (C=O) groups excluding carboxylic acids is 1. The first kappa shape index (κ1) is 18.9. The maximum Gasteiger partial charge on any atom is 0.251 e. The summed E-state index contributed by atoms with van der Waals surface area (Å²) in [7, 11) is 0. The topological polar surface area (TPSA) is 73.0 Å². The Balaban J connectivity index is 1.40. The molecule has 0 aliphatic carbocycles. The fourth-order valence-electron chi connectivity index (χ4n) is 3.25. The molecule has 1 N–H and O–H groups in total. The van der Waals surface area contributed by atoms with Gasteiger partial charge < -0.3 is 9.73 Å². The van der Waals surface area contributed by atoms with E-state index in [0.717, 1.165) is 24.4 Å². The van der Waals surface area contributed by atoms with Crippen LogP contribution < -0.4 is 5.32 Å². The molecule has 0 bridgehead atoms. The molecule has 0 saturated heterocycles. The molecule has 0 atom stereocenters. The summed E-state index contributed by atoms with van der Waals surface area (Å²) in [5, 5.41) is 7.33. The van der Waals surface area contributed by atoms with E-state index in [2.05, 4.69) is 15.4 Å². The van der Waals surface area contributed by atoms with Crippen LogP contribution in [0.25, 0.3) is 22.6 Å². The number of aryl methyl sites for hydroxylation is 3. The first-order chi connectivity index (χ1) is 14.0. The van der Waals surface area contributed by atoms with E-state index >= 15 is 0 Å². The van der Waals surface area contributed by atoms with Crippen LogP contribution in [0.5, 0.6) is 0 Å². The van der Waals surface area contributed by atoms with Crippen LogP contribution in [0.3, 0.4) is 0 Å². The highest BCUT2D eigenvalue weighted by Gasteiger charge is 2.12. The molecular weight excluding hydrogens is 371 g/mol. The Bertz CT molecular complexity index is 1180. The molecule has 0 radical (unpaired) electrons. The van der Waals surface area contributed by atoms with Crippen LogP contribution in [0, 0.1) is 19.7 Å². The number of fused-ring (bicyclic) bond motifs is 1. The summed E-state index contributed by atoms with van der Waals surface area (Å²) in [5.41, 5.74) is 4.26. The minimum atomic E-state index is -0.356. The Hall–Kier alpha value is -3.48. The Kier molecular flexibility index (Phi) is 5.12. The summed E-state index contributed by atoms with van der Waals surface area (Å²) in [4.78, 5) is 16.8. The minimum absolute atomic E-state index is 0.171. The number of nitrogens with one attached hydrogen (secondary N) is 1. The monoisotopic (exact) mass is 392 g/mol. The van der Waals surface area contributed by atoms with Crippen molar-refractivity contribution in [1.29, 1.82) is 0 Å². The highest BCUT2D eigenvalue weighted by atomic mass is 19.1. The molecule has 0 aliphatic heterocycles. The average Bonchev–Trinajstić information content (AvgIpc) is 3.26. The second-order valence-corrected chi connectivity index (χ2v) is 6.97. The molecule has 4 rings (SSSR count). The van der Waals surface area contributed by atoms with Crippen LogP contribution >= 0.6 is 0 Å². The standard InChI is InChI=1S/C22H21FN4O2/c1-14-11-15(2)27(26-14)10-4-9-24-21(28)16-7-8-20-19(13-16)25-22(29-20)17-5-3-6-18(23)12-17/h3,5-8,11-13H,4,9-10H2,1-2H3,(H,24,28). The van der Waals surface area contributed by atoms with Gasteiger partial charge in [0.2, 0.25) is 5.89 Å². The molecule has 2 aromatic carbocycles. The van der Waals surface area contributed by atoms with Crippen molar-refractivity contribution in [2.75, 3.05) is 6.54 Å². The highest BCUT2D eigenvalue weighted by Crippen LogP contribution is 2.25. The average molecular weight is 392 g/mol. The predicted octanol–water partition coefficient (Wildman–Crippen LogP) is 4.27. The molecule has 0 aliphatic rings. The van der Waals surface area contributed by atoms with Crippen molar-refractivity contribution in [1.82, 2.24) is 20.1 Å². The normalized spacial score (nSPS) is 11.1. The quantitative estimate of drug-likeness (QED) is 0.498. The van der Waals surface area contributed by atoms with Crippen molar-refractivity contribution in [2.45, 2.75) is 26.8 Å². The van der Waals surface area contributed by atoms with Gasteiger partial charge in [0.05, 0.1) is 5.69 Å². The summed E-state index contributed by atoms with van der Waals surface area (Å²) >= 11 is 0. The van der Waals surface area contributed by atoms with Crippen molar-refractivity contribution < 1.29 is 13.6 Å². The molecule has 2 aromatic heterocycles. The lowest BCUT2D eigenvalue weighted by Crippen LogP contribution is -2.25. The lowest BCUT2D eigenvalue weighted by Gasteiger charge is -2.06. The van der Waals surface area contributed by atoms with Crippen molar-refractivity contribution in [2.24, 2.45) is 0 Å². The molecule has 2 heterocycles. The second-order valence-electron chi connectivity index (χ2n) is 6.97. The molecular formula is C22H21FN4O2. The van der Waals surface area contributed by atoms with Gasteiger partial charge in [-0.1, -0.05) is 6.07 Å². The highest BCUT2D eigenvalue weighted by molar-refractivity contribution is 5.97. The van der Waals surface area contributed by atoms with Crippen molar-refractivity contribution in [3.8, 4) is 11.5 Å². The van der Waals surface area contributed by atoms with Gasteiger partial charge in [0.15, 0.2) is 5.58 Å². The smallest absolute Gasteiger partial charge is 0.251 e. The van der Waals surface area contributed by atoms with Gasteiger partial charge in [0.1, 0.15) is 11.3 Å². The lowest BCUT2D eigenvalue weighted by atomic mass is 10.2. The number of amides is 1. The maximum atomic E-state index is 13.4. The SMILES string of the molecule is Cc1cc(C)n(CCCNC(=O)c2ccc3oc(-c4cccc(F)c4)nc3c2)n1. The van der Waals surface area contributed by atoms with Crippen molar-refractivity contribution in [3.63, 3.8) is 0 Å². The minimum Gasteiger partial charge on any atom is -0.436 e. The number of hydrogen-bond donors (Lipinski definition) is 1. The molecule has 0 saturated carbocycles. The summed E-state index contributed by atoms with van der Waals surface area (Å²) in [5.74, 6) is -0.206. The fraction of sp³-hybridized carbons (Fsp3) is 0.227. The summed E-state index contributed by atoms with van der Waals surface area (Å²) in [6.45, 7) is 5.27. The first-order valence-corrected chi connectivity index (χ1v) is 9.45. The molecule has 0 unspecified atom stereocenters. The van der Waals surface area contributed by atoms with E-state index < -0.39 is 0 Å². The van der Waals surface area contributed by atoms with E-state index in [1.807, 2.05) is 24.6 Å². The zero-order chi connectivity index (χ0) is 20.4. The number of hydrogen-bond acceptors (Lipinski definition) is 4. The van der Waals surface area contributed by atoms with Crippen LogP contribution in [0.2, 0.25) is 0 Å². The van der Waals surface area contributed by atoms with Gasteiger partial charge in [-0.3, -0.25) is 9.48 Å². The van der Waals surface area contributed by atoms with Crippen LogP contribution in [-0.2, 0) is 6.54 Å². The van der Waals surface area contributed by atoms with Gasteiger partial charge in [-0.25, -0.2) is 9.37 Å². The Morgan fingerprint density at radius 3 is 2.79 bits per heavy atom. The maximum absolute atomic E-state index is 13.4. The van der Waals surface area contributed by atoms with Crippen molar-refractivity contribution >= 4 is 17.0 Å². The summed E-state index contributed by atoms with van der Waals surface area (Å²) in [6, 6.07) is 13.2. The van der Waals surface area contributed by atoms with E-state index in [9.17, 15) is 9.18 Å². The summed E-state index contributed by atoms with van der Waals surface area (Å²) < 4.78 is 21.1. The van der Waals surface area contributed by atoms with Gasteiger partial charge >= 0.3 is 0 Å². The van der Waals surface area contributed by atoms with Gasteiger partial charge in [0.25, 0.3) is 5.91 Å². The van der Waals surface area contributed by atoms with E-state index in [1.165, 1.54) is 12.1 Å². The van der Waals surface area contributed by atoms with E-state index in [4.69, 9.17) is 4.42 Å². The van der Waals surface area contributed by atoms with Gasteiger partial charge in [0, 0.05) is 29.9 Å². The first-order valence-electron chi connectivity index (χ1n) is 9.45. The number of halogens is 1. The number of aromatic nitrogens is 3. The Labute approximate surface area is 167 Å². The molecule has 29 heavy (non-hydrogen) atoms. The zero-order valence-corrected chi connectivity index (χ0v) is 16.3. The third-order valence-electron chi connectivity index (χ3n) is 4.66. The number of carbonyl (C=O) groups is 1. The fourth-order valence-corrected chi connectivity index (χ4v) is 3.25. The predicted molar refractivity (Wildman–Crippen MR) is 108 cm³/mol. The number of benzene rings is 2. The third-order valence-corrected chi connectivity index (χ3v) is 4.66. The number of oxazole rings is 1. The second kappa shape index (κ2) is 7.87. The van der Waals surface area contributed by atoms with Crippen LogP contribution in [0.15, 0.2) is 52.9 Å². The van der Waals surface area contributed by atoms with E-state index in [-0.39, 0.29) is 11.7 Å². The van der Waals surface area contributed by atoms with Crippen LogP contribution in [0.1, 0.15) is 28.2 Å². The molecule has 1 amide bonds. The largest absolute Gasteiger partial charge is 0.436 e. The van der Waals surface area contributed by atoms with Gasteiger partial charge in [-0.05, 0) is 62.7 Å². The third kappa shape index (κ3) is 4.18. The molecule has 6 nitrogen and oxygen atoms in total. The molecule has 0 spiro atoms. The van der Waals surface area contributed by atoms with Gasteiger partial charge in [-0.15, -0.1) is 0 Å². The summed E-state index contributed by atoms with van der Waals surface area (Å²) in [6.07, 6.45) is 0.781. The van der Waals surface area contributed by atoms with Crippen LogP contribution in [-0.4, -0.2) is 27.2 Å². The van der Waals surface area contributed by atoms with Gasteiger partial charge in [-0.2, -0.15) is 5.10 Å². The Morgan fingerprint density at radius 1 is 1.17 bits per heavy atom. The molecule has 148 valence electrons. The molecule has 0 fully saturated rings.